The van der Waals surface area contributed by atoms with Crippen LogP contribution in [0.25, 0.3) is 0 Å². The molecule has 0 fully saturated rings. The Balaban J connectivity index is 1.83. The number of rotatable bonds is 4. The maximum Gasteiger partial charge on any atom is 0.321 e. The zero-order valence-corrected chi connectivity index (χ0v) is 11.1. The molecule has 92 valence electrons. The van der Waals surface area contributed by atoms with Crippen molar-refractivity contribution in [1.82, 2.24) is 0 Å². The van der Waals surface area contributed by atoms with Crippen molar-refractivity contribution in [2.45, 2.75) is 4.90 Å². The van der Waals surface area contributed by atoms with Gasteiger partial charge in [0.25, 0.3) is 0 Å². The minimum absolute atomic E-state index is 0.263. The lowest BCUT2D eigenvalue weighted by atomic mass is 10.3. The van der Waals surface area contributed by atoms with Crippen LogP contribution in [0.1, 0.15) is 0 Å². The molecule has 4 heteroatoms. The zero-order valence-electron chi connectivity index (χ0n) is 9.51. The number of para-hydroxylation sites is 1. The number of carbonyl (C=O) groups is 1. The van der Waals surface area contributed by atoms with Crippen LogP contribution in [0.3, 0.4) is 0 Å². The highest BCUT2D eigenvalue weighted by Crippen LogP contribution is 2.20. The lowest BCUT2D eigenvalue weighted by Gasteiger charge is -2.04. The minimum atomic E-state index is -0.263. The van der Waals surface area contributed by atoms with Gasteiger partial charge in [0.15, 0.2) is 0 Å². The smallest absolute Gasteiger partial charge is 0.321 e. The van der Waals surface area contributed by atoms with Gasteiger partial charge in [0.1, 0.15) is 5.75 Å². The first-order valence-electron chi connectivity index (χ1n) is 5.38. The first-order valence-corrected chi connectivity index (χ1v) is 6.74. The number of hydrogen-bond donors (Lipinski definition) is 0. The summed E-state index contributed by atoms with van der Waals surface area (Å²) in [5, 5.41) is 0.686. The quantitative estimate of drug-likeness (QED) is 0.480. The van der Waals surface area contributed by atoms with Gasteiger partial charge in [-0.3, -0.25) is 4.79 Å². The molecule has 0 aliphatic rings. The molecule has 0 heterocycles. The molecule has 2 aromatic rings. The summed E-state index contributed by atoms with van der Waals surface area (Å²) in [6.45, 7) is 0. The van der Waals surface area contributed by atoms with Crippen LogP contribution >= 0.6 is 23.4 Å². The molecule has 0 aliphatic carbocycles. The van der Waals surface area contributed by atoms with Crippen LogP contribution in [-0.4, -0.2) is 11.7 Å². The summed E-state index contributed by atoms with van der Waals surface area (Å²) in [6.07, 6.45) is 0. The second-order valence-corrected chi connectivity index (χ2v) is 5.01. The van der Waals surface area contributed by atoms with Gasteiger partial charge in [-0.05, 0) is 36.4 Å². The SMILES string of the molecule is O=C(CSc1ccc(Cl)cc1)Oc1ccccc1. The summed E-state index contributed by atoms with van der Waals surface area (Å²) in [5.41, 5.74) is 0. The Kier molecular flexibility index (Phi) is 4.67. The van der Waals surface area contributed by atoms with Gasteiger partial charge in [0, 0.05) is 9.92 Å². The van der Waals surface area contributed by atoms with Gasteiger partial charge in [-0.2, -0.15) is 0 Å². The van der Waals surface area contributed by atoms with Crippen molar-refractivity contribution in [3.05, 3.63) is 59.6 Å². The third-order valence-corrected chi connectivity index (χ3v) is 3.38. The molecule has 0 bridgehead atoms. The van der Waals surface area contributed by atoms with E-state index in [9.17, 15) is 4.79 Å². The standard InChI is InChI=1S/C14H11ClO2S/c15-11-6-8-13(9-7-11)18-10-14(16)17-12-4-2-1-3-5-12/h1-9H,10H2. The van der Waals surface area contributed by atoms with E-state index in [0.29, 0.717) is 10.8 Å². The molecule has 0 amide bonds. The fourth-order valence-electron chi connectivity index (χ4n) is 1.32. The minimum Gasteiger partial charge on any atom is -0.426 e. The number of benzene rings is 2. The Labute approximate surface area is 115 Å². The summed E-state index contributed by atoms with van der Waals surface area (Å²) in [7, 11) is 0. The summed E-state index contributed by atoms with van der Waals surface area (Å²) in [6, 6.07) is 16.4. The Morgan fingerprint density at radius 3 is 2.39 bits per heavy atom. The molecule has 0 saturated heterocycles. The Morgan fingerprint density at radius 1 is 1.06 bits per heavy atom. The molecule has 0 unspecified atom stereocenters. The van der Waals surface area contributed by atoms with Crippen molar-refractivity contribution in [3.8, 4) is 5.75 Å². The third kappa shape index (κ3) is 4.09. The van der Waals surface area contributed by atoms with Gasteiger partial charge in [0.2, 0.25) is 0 Å². The normalized spacial score (nSPS) is 10.1. The van der Waals surface area contributed by atoms with Crippen LogP contribution in [0, 0.1) is 0 Å². The number of esters is 1. The third-order valence-electron chi connectivity index (χ3n) is 2.15. The van der Waals surface area contributed by atoms with Gasteiger partial charge < -0.3 is 4.74 Å². The van der Waals surface area contributed by atoms with Crippen LogP contribution in [-0.2, 0) is 4.79 Å². The molecule has 0 N–H and O–H groups in total. The zero-order chi connectivity index (χ0) is 12.8. The molecule has 18 heavy (non-hydrogen) atoms. The van der Waals surface area contributed by atoms with E-state index in [1.807, 2.05) is 30.3 Å². The van der Waals surface area contributed by atoms with E-state index in [0.717, 1.165) is 4.90 Å². The number of hydrogen-bond acceptors (Lipinski definition) is 3. The molecule has 0 aliphatic heterocycles. The predicted octanol–water partition coefficient (Wildman–Crippen LogP) is 4.04. The van der Waals surface area contributed by atoms with Crippen LogP contribution in [0.4, 0.5) is 0 Å². The predicted molar refractivity (Wildman–Crippen MR) is 74.3 cm³/mol. The van der Waals surface area contributed by atoms with Crippen molar-refractivity contribution in [3.63, 3.8) is 0 Å². The fraction of sp³-hybridized carbons (Fsp3) is 0.0714. The van der Waals surface area contributed by atoms with Crippen molar-refractivity contribution < 1.29 is 9.53 Å². The molecule has 0 saturated carbocycles. The molecule has 0 aromatic heterocycles. The van der Waals surface area contributed by atoms with Gasteiger partial charge in [-0.15, -0.1) is 11.8 Å². The Bertz CT molecular complexity index is 511. The molecule has 0 spiro atoms. The van der Waals surface area contributed by atoms with Crippen LogP contribution in [0.15, 0.2) is 59.5 Å². The number of carbonyl (C=O) groups excluding carboxylic acids is 1. The number of thioether (sulfide) groups is 1. The maximum absolute atomic E-state index is 11.6. The Morgan fingerprint density at radius 2 is 1.72 bits per heavy atom. The lowest BCUT2D eigenvalue weighted by Crippen LogP contribution is -2.10. The monoisotopic (exact) mass is 278 g/mol. The number of halogens is 1. The van der Waals surface area contributed by atoms with E-state index in [-0.39, 0.29) is 11.7 Å². The van der Waals surface area contributed by atoms with Gasteiger partial charge >= 0.3 is 5.97 Å². The summed E-state index contributed by atoms with van der Waals surface area (Å²) in [4.78, 5) is 12.6. The highest BCUT2D eigenvalue weighted by molar-refractivity contribution is 8.00. The summed E-state index contributed by atoms with van der Waals surface area (Å²) < 4.78 is 5.17. The van der Waals surface area contributed by atoms with Crippen molar-refractivity contribution >= 4 is 29.3 Å². The molecule has 0 atom stereocenters. The van der Waals surface area contributed by atoms with Gasteiger partial charge in [0.05, 0.1) is 5.75 Å². The van der Waals surface area contributed by atoms with Crippen LogP contribution in [0.2, 0.25) is 5.02 Å². The average molecular weight is 279 g/mol. The van der Waals surface area contributed by atoms with Crippen molar-refractivity contribution in [1.29, 1.82) is 0 Å². The Hall–Kier alpha value is -1.45. The largest absolute Gasteiger partial charge is 0.426 e. The topological polar surface area (TPSA) is 26.3 Å². The van der Waals surface area contributed by atoms with E-state index in [1.54, 1.807) is 24.3 Å². The van der Waals surface area contributed by atoms with E-state index in [2.05, 4.69) is 0 Å². The van der Waals surface area contributed by atoms with E-state index >= 15 is 0 Å². The number of ether oxygens (including phenoxy) is 1. The second-order valence-electron chi connectivity index (χ2n) is 3.53. The van der Waals surface area contributed by atoms with Crippen molar-refractivity contribution in [2.75, 3.05) is 5.75 Å². The highest BCUT2D eigenvalue weighted by atomic mass is 35.5. The molecular formula is C14H11ClO2S. The molecular weight excluding hydrogens is 268 g/mol. The van der Waals surface area contributed by atoms with E-state index in [4.69, 9.17) is 16.3 Å². The highest BCUT2D eigenvalue weighted by Gasteiger charge is 2.05. The summed E-state index contributed by atoms with van der Waals surface area (Å²) in [5.74, 6) is 0.580. The lowest BCUT2D eigenvalue weighted by molar-refractivity contribution is -0.131. The molecule has 2 rings (SSSR count). The van der Waals surface area contributed by atoms with Crippen LogP contribution in [0.5, 0.6) is 5.75 Å². The van der Waals surface area contributed by atoms with E-state index in [1.165, 1.54) is 11.8 Å². The molecule has 2 nitrogen and oxygen atoms in total. The first-order chi connectivity index (χ1) is 8.74. The van der Waals surface area contributed by atoms with Crippen molar-refractivity contribution in [2.24, 2.45) is 0 Å². The van der Waals surface area contributed by atoms with E-state index < -0.39 is 0 Å². The van der Waals surface area contributed by atoms with Gasteiger partial charge in [-0.25, -0.2) is 0 Å². The molecule has 0 radical (unpaired) electrons. The second kappa shape index (κ2) is 6.47. The average Bonchev–Trinajstić information content (AvgIpc) is 2.39. The molecule has 2 aromatic carbocycles. The van der Waals surface area contributed by atoms with Gasteiger partial charge in [-0.1, -0.05) is 29.8 Å². The van der Waals surface area contributed by atoms with Crippen LogP contribution < -0.4 is 4.74 Å². The fourth-order valence-corrected chi connectivity index (χ4v) is 2.12. The maximum atomic E-state index is 11.6. The first kappa shape index (κ1) is 13.0. The summed E-state index contributed by atoms with van der Waals surface area (Å²) >= 11 is 7.20.